The number of hydrogen-bond acceptors (Lipinski definition) is 4. The van der Waals surface area contributed by atoms with Gasteiger partial charge in [0.25, 0.3) is 5.91 Å². The highest BCUT2D eigenvalue weighted by atomic mass is 35.5. The molecule has 2 heterocycles. The van der Waals surface area contributed by atoms with E-state index in [-0.39, 0.29) is 15.9 Å². The van der Waals surface area contributed by atoms with E-state index in [2.05, 4.69) is 15.3 Å². The molecule has 1 aromatic carbocycles. The number of carbonyl (C=O) groups excluding carboxylic acids is 1. The van der Waals surface area contributed by atoms with E-state index in [1.165, 1.54) is 12.1 Å². The Bertz CT molecular complexity index is 881. The molecule has 0 aliphatic heterocycles. The zero-order valence-corrected chi connectivity index (χ0v) is 11.8. The van der Waals surface area contributed by atoms with Gasteiger partial charge in [0, 0.05) is 11.3 Å². The van der Waals surface area contributed by atoms with Gasteiger partial charge in [-0.1, -0.05) is 23.2 Å². The van der Waals surface area contributed by atoms with E-state index in [1.54, 1.807) is 18.2 Å². The third-order valence-electron chi connectivity index (χ3n) is 2.70. The molecule has 0 unspecified atom stereocenters. The van der Waals surface area contributed by atoms with Crippen molar-refractivity contribution in [2.45, 2.75) is 0 Å². The predicted octanol–water partition coefficient (Wildman–Crippen LogP) is 3.08. The molecule has 0 saturated heterocycles. The third kappa shape index (κ3) is 2.91. The minimum atomic E-state index is -0.554. The molecule has 0 saturated carbocycles. The minimum absolute atomic E-state index is 0.127. The van der Waals surface area contributed by atoms with Crippen molar-refractivity contribution >= 4 is 45.9 Å². The number of anilines is 1. The third-order valence-corrected chi connectivity index (χ3v) is 3.09. The molecule has 0 radical (unpaired) electrons. The van der Waals surface area contributed by atoms with E-state index in [0.717, 1.165) is 0 Å². The highest BCUT2D eigenvalue weighted by Crippen LogP contribution is 2.19. The van der Waals surface area contributed by atoms with Gasteiger partial charge in [-0.05, 0) is 30.3 Å². The summed E-state index contributed by atoms with van der Waals surface area (Å²) in [5.41, 5.74) is 1.67. The van der Waals surface area contributed by atoms with Crippen LogP contribution in [0.25, 0.3) is 11.1 Å². The lowest BCUT2D eigenvalue weighted by Gasteiger charge is -2.05. The van der Waals surface area contributed by atoms with Crippen molar-refractivity contribution in [2.24, 2.45) is 0 Å². The van der Waals surface area contributed by atoms with Crippen molar-refractivity contribution in [2.75, 3.05) is 5.32 Å². The number of benzene rings is 1. The van der Waals surface area contributed by atoms with Crippen molar-refractivity contribution < 1.29 is 9.21 Å². The van der Waals surface area contributed by atoms with Gasteiger partial charge in [-0.15, -0.1) is 0 Å². The molecule has 1 amide bonds. The Hall–Kier alpha value is -2.31. The summed E-state index contributed by atoms with van der Waals surface area (Å²) in [7, 11) is 0. The second-order valence-corrected chi connectivity index (χ2v) is 4.96. The quantitative estimate of drug-likeness (QED) is 0.709. The lowest BCUT2D eigenvalue weighted by Crippen LogP contribution is -2.12. The molecule has 2 N–H and O–H groups in total. The number of oxazole rings is 1. The summed E-state index contributed by atoms with van der Waals surface area (Å²) < 4.78 is 4.88. The number of aromatic amines is 1. The average Bonchev–Trinajstić information content (AvgIpc) is 2.77. The standard InChI is InChI=1S/C13H7Cl2N3O3/c14-10-3-6(4-11(15)18-10)12(19)16-7-1-2-9-8(5-7)17-13(20)21-9/h1-5H,(H,16,19)(H,17,20). The summed E-state index contributed by atoms with van der Waals surface area (Å²) in [6.45, 7) is 0. The summed E-state index contributed by atoms with van der Waals surface area (Å²) in [6.07, 6.45) is 0. The SMILES string of the molecule is O=C(Nc1ccc2oc(=O)[nH]c2c1)c1cc(Cl)nc(Cl)c1. The molecule has 0 aliphatic carbocycles. The highest BCUT2D eigenvalue weighted by molar-refractivity contribution is 6.33. The van der Waals surface area contributed by atoms with Crippen LogP contribution in [-0.2, 0) is 0 Å². The molecule has 3 rings (SSSR count). The smallest absolute Gasteiger partial charge is 0.408 e. The van der Waals surface area contributed by atoms with Gasteiger partial charge in [-0.25, -0.2) is 9.78 Å². The molecule has 6 nitrogen and oxygen atoms in total. The van der Waals surface area contributed by atoms with Crippen LogP contribution >= 0.6 is 23.2 Å². The number of pyridine rings is 1. The Labute approximate surface area is 127 Å². The summed E-state index contributed by atoms with van der Waals surface area (Å²) in [5.74, 6) is -0.951. The lowest BCUT2D eigenvalue weighted by atomic mass is 10.2. The van der Waals surface area contributed by atoms with E-state index >= 15 is 0 Å². The number of amides is 1. The van der Waals surface area contributed by atoms with Crippen LogP contribution < -0.4 is 11.1 Å². The number of H-pyrrole nitrogens is 1. The molecule has 0 spiro atoms. The van der Waals surface area contributed by atoms with Gasteiger partial charge in [0.15, 0.2) is 5.58 Å². The van der Waals surface area contributed by atoms with E-state index < -0.39 is 11.7 Å². The Morgan fingerprint density at radius 1 is 1.19 bits per heavy atom. The Morgan fingerprint density at radius 2 is 1.90 bits per heavy atom. The molecule has 2 aromatic heterocycles. The first-order valence-corrected chi connectivity index (χ1v) is 6.54. The fourth-order valence-electron chi connectivity index (χ4n) is 1.83. The molecule has 3 aromatic rings. The van der Waals surface area contributed by atoms with Gasteiger partial charge < -0.3 is 9.73 Å². The van der Waals surface area contributed by atoms with Crippen LogP contribution in [0.2, 0.25) is 10.3 Å². The van der Waals surface area contributed by atoms with Crippen LogP contribution in [0.15, 0.2) is 39.5 Å². The molecule has 0 bridgehead atoms. The fourth-order valence-corrected chi connectivity index (χ4v) is 2.29. The van der Waals surface area contributed by atoms with E-state index in [0.29, 0.717) is 16.8 Å². The first-order valence-electron chi connectivity index (χ1n) is 5.78. The molecular weight excluding hydrogens is 317 g/mol. The Balaban J connectivity index is 1.90. The van der Waals surface area contributed by atoms with Crippen molar-refractivity contribution in [3.8, 4) is 0 Å². The molecular formula is C13H7Cl2N3O3. The number of nitrogens with zero attached hydrogens (tertiary/aromatic N) is 1. The Morgan fingerprint density at radius 3 is 2.62 bits per heavy atom. The monoisotopic (exact) mass is 323 g/mol. The van der Waals surface area contributed by atoms with Crippen LogP contribution in [0.1, 0.15) is 10.4 Å². The maximum Gasteiger partial charge on any atom is 0.417 e. The molecule has 0 fully saturated rings. The zero-order chi connectivity index (χ0) is 15.0. The topological polar surface area (TPSA) is 88.0 Å². The number of fused-ring (bicyclic) bond motifs is 1. The predicted molar refractivity (Wildman–Crippen MR) is 79.0 cm³/mol. The largest absolute Gasteiger partial charge is 0.417 e. The van der Waals surface area contributed by atoms with Gasteiger partial charge >= 0.3 is 5.76 Å². The van der Waals surface area contributed by atoms with Crippen LogP contribution in [0.5, 0.6) is 0 Å². The molecule has 21 heavy (non-hydrogen) atoms. The highest BCUT2D eigenvalue weighted by Gasteiger charge is 2.10. The van der Waals surface area contributed by atoms with Crippen molar-refractivity contribution in [3.63, 3.8) is 0 Å². The number of nitrogens with one attached hydrogen (secondary N) is 2. The van der Waals surface area contributed by atoms with Crippen LogP contribution in [0, 0.1) is 0 Å². The van der Waals surface area contributed by atoms with Crippen LogP contribution in [0.4, 0.5) is 5.69 Å². The number of aromatic nitrogens is 2. The zero-order valence-electron chi connectivity index (χ0n) is 10.3. The van der Waals surface area contributed by atoms with Crippen molar-refractivity contribution in [1.29, 1.82) is 0 Å². The number of carbonyl (C=O) groups is 1. The van der Waals surface area contributed by atoms with Gasteiger partial charge in [-0.2, -0.15) is 0 Å². The van der Waals surface area contributed by atoms with Crippen molar-refractivity contribution in [1.82, 2.24) is 9.97 Å². The first kappa shape index (κ1) is 13.7. The summed E-state index contributed by atoms with van der Waals surface area (Å²) in [4.78, 5) is 29.5. The normalized spacial score (nSPS) is 10.8. The Kier molecular flexibility index (Phi) is 3.40. The number of halogens is 2. The second kappa shape index (κ2) is 5.23. The van der Waals surface area contributed by atoms with E-state index in [1.807, 2.05) is 0 Å². The summed E-state index contributed by atoms with van der Waals surface area (Å²) in [6, 6.07) is 7.58. The molecule has 106 valence electrons. The maximum atomic E-state index is 12.1. The van der Waals surface area contributed by atoms with E-state index in [9.17, 15) is 9.59 Å². The van der Waals surface area contributed by atoms with Gasteiger partial charge in [0.05, 0.1) is 5.52 Å². The van der Waals surface area contributed by atoms with Crippen LogP contribution in [-0.4, -0.2) is 15.9 Å². The average molecular weight is 324 g/mol. The van der Waals surface area contributed by atoms with Crippen LogP contribution in [0.3, 0.4) is 0 Å². The van der Waals surface area contributed by atoms with E-state index in [4.69, 9.17) is 27.6 Å². The molecule has 0 aliphatic rings. The molecule has 8 heteroatoms. The lowest BCUT2D eigenvalue weighted by molar-refractivity contribution is 0.102. The van der Waals surface area contributed by atoms with Gasteiger partial charge in [0.2, 0.25) is 0 Å². The number of hydrogen-bond donors (Lipinski definition) is 2. The van der Waals surface area contributed by atoms with Crippen molar-refractivity contribution in [3.05, 3.63) is 56.8 Å². The fraction of sp³-hybridized carbons (Fsp3) is 0. The van der Waals surface area contributed by atoms with Gasteiger partial charge in [-0.3, -0.25) is 9.78 Å². The summed E-state index contributed by atoms with van der Waals surface area (Å²) >= 11 is 11.5. The summed E-state index contributed by atoms with van der Waals surface area (Å²) in [5, 5.41) is 2.92. The minimum Gasteiger partial charge on any atom is -0.408 e. The number of rotatable bonds is 2. The van der Waals surface area contributed by atoms with Gasteiger partial charge in [0.1, 0.15) is 10.3 Å². The first-order chi connectivity index (χ1) is 10.0. The second-order valence-electron chi connectivity index (χ2n) is 4.18. The maximum absolute atomic E-state index is 12.1. The molecule has 0 atom stereocenters.